The van der Waals surface area contributed by atoms with E-state index >= 15 is 0 Å². The van der Waals surface area contributed by atoms with Crippen molar-refractivity contribution in [2.75, 3.05) is 13.2 Å². The van der Waals surface area contributed by atoms with E-state index in [-0.39, 0.29) is 29.5 Å². The van der Waals surface area contributed by atoms with E-state index in [9.17, 15) is 10.2 Å². The van der Waals surface area contributed by atoms with Gasteiger partial charge in [0, 0.05) is 17.3 Å². The summed E-state index contributed by atoms with van der Waals surface area (Å²) >= 11 is 0. The van der Waals surface area contributed by atoms with Crippen molar-refractivity contribution < 1.29 is 19.7 Å². The first-order chi connectivity index (χ1) is 12.0. The van der Waals surface area contributed by atoms with Crippen LogP contribution in [-0.2, 0) is 9.47 Å². The molecule has 0 aromatic heterocycles. The van der Waals surface area contributed by atoms with E-state index in [1.54, 1.807) is 0 Å². The van der Waals surface area contributed by atoms with Crippen molar-refractivity contribution in [3.05, 3.63) is 12.2 Å². The van der Waals surface area contributed by atoms with Gasteiger partial charge in [0.15, 0.2) is 5.79 Å². The zero-order chi connectivity index (χ0) is 17.7. The Bertz CT molecular complexity index is 506. The maximum Gasteiger partial charge on any atom is 0.176 e. The predicted octanol–water partition coefficient (Wildman–Crippen LogP) is 3.27. The van der Waals surface area contributed by atoms with Crippen LogP contribution in [0.15, 0.2) is 12.2 Å². The van der Waals surface area contributed by atoms with E-state index in [0.29, 0.717) is 25.0 Å². The number of aliphatic hydroxyl groups excluding tert-OH is 2. The standard InChI is InChI=1S/C21H34O4/c1-14-19-17(8-7-16(22)13-15-5-3-4-6-15)18(23)9-10-20(19,2)21(14)24-11-12-25-21/h7-8,14-19,22-23H,3-6,9-13H2,1-2H3/b8-7+/t14?,16-,17-,18+,19+,20-/m1/s1. The minimum atomic E-state index is -0.452. The minimum absolute atomic E-state index is 0.0342. The summed E-state index contributed by atoms with van der Waals surface area (Å²) in [5, 5.41) is 21.1. The van der Waals surface area contributed by atoms with Gasteiger partial charge in [-0.1, -0.05) is 51.7 Å². The lowest BCUT2D eigenvalue weighted by atomic mass is 9.42. The molecule has 0 amide bonds. The van der Waals surface area contributed by atoms with Gasteiger partial charge in [-0.15, -0.1) is 0 Å². The van der Waals surface area contributed by atoms with E-state index in [4.69, 9.17) is 9.47 Å². The highest BCUT2D eigenvalue weighted by Crippen LogP contribution is 2.69. The molecule has 1 spiro atoms. The molecule has 6 atom stereocenters. The Balaban J connectivity index is 1.46. The molecule has 4 aliphatic rings. The van der Waals surface area contributed by atoms with Crippen molar-refractivity contribution in [3.63, 3.8) is 0 Å². The predicted molar refractivity (Wildman–Crippen MR) is 95.8 cm³/mol. The van der Waals surface area contributed by atoms with E-state index in [1.807, 2.05) is 6.08 Å². The zero-order valence-electron chi connectivity index (χ0n) is 15.7. The largest absolute Gasteiger partial charge is 0.393 e. The molecule has 1 saturated heterocycles. The summed E-state index contributed by atoms with van der Waals surface area (Å²) in [6, 6.07) is 0. The minimum Gasteiger partial charge on any atom is -0.393 e. The smallest absolute Gasteiger partial charge is 0.176 e. The average molecular weight is 350 g/mol. The molecule has 4 nitrogen and oxygen atoms in total. The molecule has 142 valence electrons. The van der Waals surface area contributed by atoms with Crippen LogP contribution in [0.5, 0.6) is 0 Å². The maximum atomic E-state index is 10.6. The zero-order valence-corrected chi connectivity index (χ0v) is 15.7. The van der Waals surface area contributed by atoms with Crippen LogP contribution in [0.1, 0.15) is 58.8 Å². The second kappa shape index (κ2) is 6.63. The first kappa shape index (κ1) is 18.0. The van der Waals surface area contributed by atoms with Crippen LogP contribution in [0.2, 0.25) is 0 Å². The second-order valence-electron chi connectivity index (χ2n) is 9.12. The number of fused-ring (bicyclic) bond motifs is 2. The van der Waals surface area contributed by atoms with Crippen molar-refractivity contribution in [2.24, 2.45) is 29.1 Å². The first-order valence-electron chi connectivity index (χ1n) is 10.3. The van der Waals surface area contributed by atoms with Crippen LogP contribution in [-0.4, -0.2) is 41.4 Å². The lowest BCUT2D eigenvalue weighted by molar-refractivity contribution is -0.380. The van der Waals surface area contributed by atoms with Gasteiger partial charge in [-0.25, -0.2) is 0 Å². The lowest BCUT2D eigenvalue weighted by Crippen LogP contribution is -2.73. The van der Waals surface area contributed by atoms with Crippen molar-refractivity contribution in [2.45, 2.75) is 76.8 Å². The molecule has 0 aromatic rings. The molecule has 0 bridgehead atoms. The molecule has 4 heteroatoms. The van der Waals surface area contributed by atoms with E-state index < -0.39 is 5.79 Å². The number of ether oxygens (including phenoxy) is 2. The fourth-order valence-electron chi connectivity index (χ4n) is 6.61. The Kier molecular flexibility index (Phi) is 4.77. The third kappa shape index (κ3) is 2.72. The fourth-order valence-corrected chi connectivity index (χ4v) is 6.61. The SMILES string of the molecule is CC1[C@H]2[C@H](/C=C/[C@@H](O)CC3CCCC3)[C@@H](O)CC[C@@]2(C)C12OCCO2. The highest BCUT2D eigenvalue weighted by Gasteiger charge is 2.74. The molecule has 0 aromatic carbocycles. The molecular weight excluding hydrogens is 316 g/mol. The van der Waals surface area contributed by atoms with Crippen LogP contribution < -0.4 is 0 Å². The second-order valence-corrected chi connectivity index (χ2v) is 9.12. The molecule has 3 aliphatic carbocycles. The third-order valence-corrected chi connectivity index (χ3v) is 7.81. The van der Waals surface area contributed by atoms with Crippen LogP contribution in [0.3, 0.4) is 0 Å². The van der Waals surface area contributed by atoms with E-state index in [2.05, 4.69) is 19.9 Å². The van der Waals surface area contributed by atoms with Crippen LogP contribution >= 0.6 is 0 Å². The third-order valence-electron chi connectivity index (χ3n) is 7.81. The summed E-state index contributed by atoms with van der Waals surface area (Å²) in [6.07, 6.45) is 11.1. The summed E-state index contributed by atoms with van der Waals surface area (Å²) in [4.78, 5) is 0. The summed E-state index contributed by atoms with van der Waals surface area (Å²) in [6.45, 7) is 5.82. The molecule has 1 heterocycles. The molecule has 1 unspecified atom stereocenters. The Morgan fingerprint density at radius 3 is 2.52 bits per heavy atom. The summed E-state index contributed by atoms with van der Waals surface area (Å²) in [7, 11) is 0. The van der Waals surface area contributed by atoms with Crippen LogP contribution in [0, 0.1) is 29.1 Å². The molecule has 25 heavy (non-hydrogen) atoms. The maximum absolute atomic E-state index is 10.6. The Morgan fingerprint density at radius 2 is 1.84 bits per heavy atom. The van der Waals surface area contributed by atoms with Crippen LogP contribution in [0.25, 0.3) is 0 Å². The summed E-state index contributed by atoms with van der Waals surface area (Å²) in [5.74, 6) is 0.936. The van der Waals surface area contributed by atoms with Gasteiger partial charge in [0.25, 0.3) is 0 Å². The number of aliphatic hydroxyl groups is 2. The Labute approximate surface area is 151 Å². The molecule has 1 aliphatic heterocycles. The van der Waals surface area contributed by atoms with E-state index in [1.165, 1.54) is 25.7 Å². The number of hydrogen-bond donors (Lipinski definition) is 2. The monoisotopic (exact) mass is 350 g/mol. The van der Waals surface area contributed by atoms with Crippen molar-refractivity contribution in [1.82, 2.24) is 0 Å². The summed E-state index contributed by atoms with van der Waals surface area (Å²) < 4.78 is 12.2. The molecule has 2 N–H and O–H groups in total. The topological polar surface area (TPSA) is 58.9 Å². The molecule has 3 saturated carbocycles. The highest BCUT2D eigenvalue weighted by molar-refractivity contribution is 5.20. The number of hydrogen-bond acceptors (Lipinski definition) is 4. The molecular formula is C21H34O4. The van der Waals surface area contributed by atoms with Gasteiger partial charge in [-0.2, -0.15) is 0 Å². The Morgan fingerprint density at radius 1 is 1.16 bits per heavy atom. The van der Waals surface area contributed by atoms with Crippen molar-refractivity contribution >= 4 is 0 Å². The molecule has 4 fully saturated rings. The molecule has 0 radical (unpaired) electrons. The van der Waals surface area contributed by atoms with E-state index in [0.717, 1.165) is 19.3 Å². The van der Waals surface area contributed by atoms with Gasteiger partial charge >= 0.3 is 0 Å². The Hall–Kier alpha value is -0.420. The fraction of sp³-hybridized carbons (Fsp3) is 0.905. The van der Waals surface area contributed by atoms with Gasteiger partial charge in [-0.05, 0) is 31.1 Å². The number of rotatable bonds is 4. The van der Waals surface area contributed by atoms with Crippen LogP contribution in [0.4, 0.5) is 0 Å². The highest BCUT2D eigenvalue weighted by atomic mass is 16.7. The van der Waals surface area contributed by atoms with Crippen molar-refractivity contribution in [1.29, 1.82) is 0 Å². The van der Waals surface area contributed by atoms with Gasteiger partial charge < -0.3 is 19.7 Å². The average Bonchev–Trinajstić information content (AvgIpc) is 3.28. The normalized spacial score (nSPS) is 45.0. The lowest BCUT2D eigenvalue weighted by Gasteiger charge is -2.68. The quantitative estimate of drug-likeness (QED) is 0.764. The van der Waals surface area contributed by atoms with Gasteiger partial charge in [0.1, 0.15) is 0 Å². The van der Waals surface area contributed by atoms with Gasteiger partial charge in [0.2, 0.25) is 0 Å². The van der Waals surface area contributed by atoms with Crippen molar-refractivity contribution in [3.8, 4) is 0 Å². The summed E-state index contributed by atoms with van der Waals surface area (Å²) in [5.41, 5.74) is -0.0342. The first-order valence-corrected chi connectivity index (χ1v) is 10.3. The van der Waals surface area contributed by atoms with Gasteiger partial charge in [-0.3, -0.25) is 0 Å². The molecule has 4 rings (SSSR count). The van der Waals surface area contributed by atoms with Gasteiger partial charge in [0.05, 0.1) is 25.4 Å².